The Labute approximate surface area is 74.2 Å². The summed E-state index contributed by atoms with van der Waals surface area (Å²) in [7, 11) is 0. The van der Waals surface area contributed by atoms with E-state index in [4.69, 9.17) is 0 Å². The SMILES string of the molecule is CC=Cc1[c]c(C=CC)ccc1. The second-order valence-electron chi connectivity index (χ2n) is 2.56. The van der Waals surface area contributed by atoms with E-state index in [9.17, 15) is 0 Å². The van der Waals surface area contributed by atoms with E-state index in [2.05, 4.69) is 6.07 Å². The lowest BCUT2D eigenvalue weighted by atomic mass is 10.1. The molecule has 0 saturated heterocycles. The lowest BCUT2D eigenvalue weighted by molar-refractivity contribution is 1.58. The van der Waals surface area contributed by atoms with Crippen LogP contribution in [0.25, 0.3) is 12.2 Å². The Bertz CT molecular complexity index is 265. The molecule has 0 N–H and O–H groups in total. The first-order chi connectivity index (χ1) is 5.86. The maximum atomic E-state index is 3.27. The average molecular weight is 157 g/mol. The molecule has 1 aromatic rings. The van der Waals surface area contributed by atoms with Crippen LogP contribution >= 0.6 is 0 Å². The molecule has 12 heavy (non-hydrogen) atoms. The van der Waals surface area contributed by atoms with E-state index in [0.717, 1.165) is 11.1 Å². The molecule has 0 aliphatic heterocycles. The van der Waals surface area contributed by atoms with Crippen LogP contribution in [0.4, 0.5) is 0 Å². The number of hydrogen-bond donors (Lipinski definition) is 0. The van der Waals surface area contributed by atoms with Gasteiger partial charge in [0.15, 0.2) is 0 Å². The molecule has 0 bridgehead atoms. The Kier molecular flexibility index (Phi) is 3.34. The van der Waals surface area contributed by atoms with Crippen molar-refractivity contribution in [2.24, 2.45) is 0 Å². The fourth-order valence-electron chi connectivity index (χ4n) is 1.06. The van der Waals surface area contributed by atoms with Crippen LogP contribution in [0.3, 0.4) is 0 Å². The third-order valence-electron chi connectivity index (χ3n) is 1.53. The molecular formula is C12H13. The summed E-state index contributed by atoms with van der Waals surface area (Å²) >= 11 is 0. The Balaban J connectivity index is 2.95. The average Bonchev–Trinajstić information content (AvgIpc) is 2.06. The zero-order valence-electron chi connectivity index (χ0n) is 7.54. The second kappa shape index (κ2) is 4.55. The maximum Gasteiger partial charge on any atom is -0.00270 e. The molecule has 0 nitrogen and oxygen atoms in total. The highest BCUT2D eigenvalue weighted by Crippen LogP contribution is 2.07. The lowest BCUT2D eigenvalue weighted by Crippen LogP contribution is -1.75. The first-order valence-electron chi connectivity index (χ1n) is 4.14. The normalized spacial score (nSPS) is 11.5. The van der Waals surface area contributed by atoms with Gasteiger partial charge in [-0.3, -0.25) is 0 Å². The van der Waals surface area contributed by atoms with Crippen molar-refractivity contribution in [3.8, 4) is 0 Å². The highest BCUT2D eigenvalue weighted by molar-refractivity contribution is 5.56. The topological polar surface area (TPSA) is 0 Å². The molecule has 0 amide bonds. The standard InChI is InChI=1S/C12H13/c1-3-6-11-8-5-9-12(10-11)7-4-2/h3-9H,1-2H3. The van der Waals surface area contributed by atoms with Gasteiger partial charge in [0.05, 0.1) is 0 Å². The van der Waals surface area contributed by atoms with Gasteiger partial charge in [-0.15, -0.1) is 0 Å². The number of benzene rings is 1. The van der Waals surface area contributed by atoms with Crippen LogP contribution in [-0.2, 0) is 0 Å². The highest BCUT2D eigenvalue weighted by Gasteiger charge is 1.88. The molecule has 61 valence electrons. The molecule has 0 aliphatic rings. The van der Waals surface area contributed by atoms with E-state index in [0.29, 0.717) is 0 Å². The molecule has 0 aromatic heterocycles. The van der Waals surface area contributed by atoms with Crippen molar-refractivity contribution in [2.75, 3.05) is 0 Å². The molecule has 0 saturated carbocycles. The molecule has 0 heteroatoms. The fourth-order valence-corrected chi connectivity index (χ4v) is 1.06. The van der Waals surface area contributed by atoms with E-state index in [1.165, 1.54) is 0 Å². The summed E-state index contributed by atoms with van der Waals surface area (Å²) in [5.74, 6) is 0. The summed E-state index contributed by atoms with van der Waals surface area (Å²) in [5, 5.41) is 0. The molecule has 0 fully saturated rings. The van der Waals surface area contributed by atoms with E-state index in [1.54, 1.807) is 0 Å². The number of hydrogen-bond acceptors (Lipinski definition) is 0. The van der Waals surface area contributed by atoms with Crippen molar-refractivity contribution in [1.82, 2.24) is 0 Å². The van der Waals surface area contributed by atoms with Gasteiger partial charge in [0.1, 0.15) is 0 Å². The largest absolute Gasteiger partial charge is 0.0870 e. The number of rotatable bonds is 2. The Morgan fingerprint density at radius 1 is 1.00 bits per heavy atom. The van der Waals surface area contributed by atoms with Crippen molar-refractivity contribution in [1.29, 1.82) is 0 Å². The van der Waals surface area contributed by atoms with Gasteiger partial charge in [0.25, 0.3) is 0 Å². The molecular weight excluding hydrogens is 144 g/mol. The zero-order valence-corrected chi connectivity index (χ0v) is 7.54. The summed E-state index contributed by atoms with van der Waals surface area (Å²) < 4.78 is 0. The van der Waals surface area contributed by atoms with Crippen LogP contribution in [0.1, 0.15) is 25.0 Å². The minimum atomic E-state index is 1.13. The number of allylic oxidation sites excluding steroid dienone is 2. The minimum Gasteiger partial charge on any atom is -0.0870 e. The van der Waals surface area contributed by atoms with E-state index < -0.39 is 0 Å². The minimum absolute atomic E-state index is 1.13. The lowest BCUT2D eigenvalue weighted by Gasteiger charge is -1.94. The van der Waals surface area contributed by atoms with Crippen molar-refractivity contribution in [3.63, 3.8) is 0 Å². The summed E-state index contributed by atoms with van der Waals surface area (Å²) in [6.45, 7) is 4.02. The van der Waals surface area contributed by atoms with Crippen molar-refractivity contribution >= 4 is 12.2 Å². The monoisotopic (exact) mass is 157 g/mol. The molecule has 1 radical (unpaired) electrons. The molecule has 0 heterocycles. The third kappa shape index (κ3) is 2.39. The second-order valence-corrected chi connectivity index (χ2v) is 2.56. The zero-order chi connectivity index (χ0) is 8.81. The van der Waals surface area contributed by atoms with Crippen LogP contribution in [0.2, 0.25) is 0 Å². The van der Waals surface area contributed by atoms with Gasteiger partial charge in [0, 0.05) is 0 Å². The maximum absolute atomic E-state index is 3.27. The van der Waals surface area contributed by atoms with E-state index in [1.807, 2.05) is 56.4 Å². The Hall–Kier alpha value is -1.30. The summed E-state index contributed by atoms with van der Waals surface area (Å²) in [6, 6.07) is 9.41. The van der Waals surface area contributed by atoms with Crippen LogP contribution in [0.15, 0.2) is 30.4 Å². The third-order valence-corrected chi connectivity index (χ3v) is 1.53. The molecule has 1 aromatic carbocycles. The van der Waals surface area contributed by atoms with Gasteiger partial charge < -0.3 is 0 Å². The van der Waals surface area contributed by atoms with Crippen LogP contribution in [-0.4, -0.2) is 0 Å². The first kappa shape index (κ1) is 8.79. The van der Waals surface area contributed by atoms with Crippen molar-refractivity contribution < 1.29 is 0 Å². The smallest absolute Gasteiger partial charge is 0.00270 e. The van der Waals surface area contributed by atoms with Crippen LogP contribution < -0.4 is 0 Å². The van der Waals surface area contributed by atoms with Gasteiger partial charge in [-0.25, -0.2) is 0 Å². The van der Waals surface area contributed by atoms with Gasteiger partial charge in [-0.1, -0.05) is 42.5 Å². The van der Waals surface area contributed by atoms with E-state index >= 15 is 0 Å². The van der Waals surface area contributed by atoms with Crippen LogP contribution in [0.5, 0.6) is 0 Å². The van der Waals surface area contributed by atoms with E-state index in [-0.39, 0.29) is 0 Å². The Morgan fingerprint density at radius 3 is 1.92 bits per heavy atom. The molecule has 0 unspecified atom stereocenters. The highest BCUT2D eigenvalue weighted by atomic mass is 13.9. The van der Waals surface area contributed by atoms with Crippen molar-refractivity contribution in [2.45, 2.75) is 13.8 Å². The fraction of sp³-hybridized carbons (Fsp3) is 0.167. The summed E-state index contributed by atoms with van der Waals surface area (Å²) in [4.78, 5) is 0. The first-order valence-corrected chi connectivity index (χ1v) is 4.14. The summed E-state index contributed by atoms with van der Waals surface area (Å²) in [5.41, 5.74) is 2.27. The van der Waals surface area contributed by atoms with Crippen LogP contribution in [0, 0.1) is 6.07 Å². The molecule has 1 rings (SSSR count). The van der Waals surface area contributed by atoms with Gasteiger partial charge in [-0.05, 0) is 31.0 Å². The van der Waals surface area contributed by atoms with Gasteiger partial charge in [-0.2, -0.15) is 0 Å². The Morgan fingerprint density at radius 2 is 1.50 bits per heavy atom. The summed E-state index contributed by atoms with van der Waals surface area (Å²) in [6.07, 6.45) is 8.14. The van der Waals surface area contributed by atoms with Gasteiger partial charge in [0.2, 0.25) is 0 Å². The predicted octanol–water partition coefficient (Wildman–Crippen LogP) is 3.55. The van der Waals surface area contributed by atoms with Crippen molar-refractivity contribution in [3.05, 3.63) is 47.5 Å². The molecule has 0 aliphatic carbocycles. The van der Waals surface area contributed by atoms with Gasteiger partial charge >= 0.3 is 0 Å². The predicted molar refractivity (Wildman–Crippen MR) is 54.7 cm³/mol. The quantitative estimate of drug-likeness (QED) is 0.615. The molecule has 0 spiro atoms. The molecule has 0 atom stereocenters.